The number of aryl methyl sites for hydroxylation is 1. The third-order valence-corrected chi connectivity index (χ3v) is 3.52. The fourth-order valence-electron chi connectivity index (χ4n) is 2.30. The number of nitrogen functional groups attached to an aromatic ring is 1. The molecule has 0 radical (unpaired) electrons. The second-order valence-electron chi connectivity index (χ2n) is 4.88. The summed E-state index contributed by atoms with van der Waals surface area (Å²) in [5.74, 6) is 5.94. The van der Waals surface area contributed by atoms with E-state index in [2.05, 4.69) is 17.3 Å². The number of pyridine rings is 1. The topological polar surface area (TPSA) is 80.5 Å². The van der Waals surface area contributed by atoms with Gasteiger partial charge >= 0.3 is 0 Å². The molecule has 3 N–H and O–H groups in total. The molecule has 2 heterocycles. The number of nitrogens with zero attached hydrogens (tertiary/aromatic N) is 2. The average Bonchev–Trinajstić information content (AvgIpc) is 2.53. The Kier molecular flexibility index (Phi) is 4.92. The van der Waals surface area contributed by atoms with Crippen LogP contribution in [-0.4, -0.2) is 41.6 Å². The van der Waals surface area contributed by atoms with E-state index >= 15 is 0 Å². The lowest BCUT2D eigenvalue weighted by Gasteiger charge is -2.32. The zero-order valence-corrected chi connectivity index (χ0v) is 12.1. The van der Waals surface area contributed by atoms with Crippen LogP contribution in [0.3, 0.4) is 0 Å². The van der Waals surface area contributed by atoms with Crippen molar-refractivity contribution in [2.45, 2.75) is 32.8 Å². The SMILES string of the molecule is CCc1cc(C(=O)N2CCOC(CC)C2)cc(NN)n1. The van der Waals surface area contributed by atoms with Crippen LogP contribution < -0.4 is 11.3 Å². The molecule has 6 nitrogen and oxygen atoms in total. The second kappa shape index (κ2) is 6.67. The number of carbonyl (C=O) groups excluding carboxylic acids is 1. The molecule has 6 heteroatoms. The molecule has 1 atom stereocenters. The van der Waals surface area contributed by atoms with E-state index in [4.69, 9.17) is 10.6 Å². The van der Waals surface area contributed by atoms with E-state index in [1.54, 1.807) is 6.07 Å². The minimum atomic E-state index is 0.0142. The molecule has 110 valence electrons. The highest BCUT2D eigenvalue weighted by Gasteiger charge is 2.24. The lowest BCUT2D eigenvalue weighted by atomic mass is 10.1. The van der Waals surface area contributed by atoms with Crippen molar-refractivity contribution in [1.29, 1.82) is 0 Å². The first kappa shape index (κ1) is 14.7. The number of morpholine rings is 1. The quantitative estimate of drug-likeness (QED) is 0.638. The van der Waals surface area contributed by atoms with Crippen LogP contribution in [0.4, 0.5) is 5.82 Å². The van der Waals surface area contributed by atoms with Crippen LogP contribution in [-0.2, 0) is 11.2 Å². The molecule has 0 aliphatic carbocycles. The Bertz CT molecular complexity index is 456. The van der Waals surface area contributed by atoms with Gasteiger partial charge in [-0.25, -0.2) is 10.8 Å². The molecule has 20 heavy (non-hydrogen) atoms. The number of hydrogen-bond acceptors (Lipinski definition) is 5. The highest BCUT2D eigenvalue weighted by molar-refractivity contribution is 5.95. The van der Waals surface area contributed by atoms with E-state index in [-0.39, 0.29) is 12.0 Å². The van der Waals surface area contributed by atoms with Crippen molar-refractivity contribution in [2.75, 3.05) is 25.1 Å². The van der Waals surface area contributed by atoms with Crippen LogP contribution in [0, 0.1) is 0 Å². The summed E-state index contributed by atoms with van der Waals surface area (Å²) in [4.78, 5) is 18.7. The van der Waals surface area contributed by atoms with Crippen LogP contribution >= 0.6 is 0 Å². The maximum Gasteiger partial charge on any atom is 0.254 e. The molecule has 0 aromatic carbocycles. The normalized spacial score (nSPS) is 18.9. The van der Waals surface area contributed by atoms with Crippen molar-refractivity contribution in [3.05, 3.63) is 23.4 Å². The van der Waals surface area contributed by atoms with E-state index in [0.717, 1.165) is 18.5 Å². The van der Waals surface area contributed by atoms with Gasteiger partial charge in [0.2, 0.25) is 0 Å². The van der Waals surface area contributed by atoms with Gasteiger partial charge in [-0.2, -0.15) is 0 Å². The Morgan fingerprint density at radius 2 is 2.35 bits per heavy atom. The first-order chi connectivity index (χ1) is 9.67. The maximum absolute atomic E-state index is 12.6. The largest absolute Gasteiger partial charge is 0.375 e. The Morgan fingerprint density at radius 1 is 1.55 bits per heavy atom. The predicted octanol–water partition coefficient (Wildman–Crippen LogP) is 1.18. The average molecular weight is 278 g/mol. The van der Waals surface area contributed by atoms with Gasteiger partial charge in [-0.1, -0.05) is 13.8 Å². The minimum Gasteiger partial charge on any atom is -0.375 e. The van der Waals surface area contributed by atoms with Crippen molar-refractivity contribution in [3.8, 4) is 0 Å². The van der Waals surface area contributed by atoms with E-state index < -0.39 is 0 Å². The van der Waals surface area contributed by atoms with Gasteiger partial charge in [0.25, 0.3) is 5.91 Å². The number of nitrogens with one attached hydrogen (secondary N) is 1. The number of ether oxygens (including phenoxy) is 1. The van der Waals surface area contributed by atoms with Gasteiger partial charge in [-0.15, -0.1) is 0 Å². The van der Waals surface area contributed by atoms with Crippen molar-refractivity contribution in [2.24, 2.45) is 5.84 Å². The summed E-state index contributed by atoms with van der Waals surface area (Å²) in [6, 6.07) is 3.53. The van der Waals surface area contributed by atoms with Crippen LogP contribution in [0.15, 0.2) is 12.1 Å². The molecule has 0 saturated carbocycles. The summed E-state index contributed by atoms with van der Waals surface area (Å²) in [7, 11) is 0. The van der Waals surface area contributed by atoms with Gasteiger partial charge < -0.3 is 15.1 Å². The molecule has 1 saturated heterocycles. The number of hydrogen-bond donors (Lipinski definition) is 2. The van der Waals surface area contributed by atoms with Gasteiger partial charge in [-0.3, -0.25) is 4.79 Å². The Balaban J connectivity index is 2.19. The smallest absolute Gasteiger partial charge is 0.254 e. The second-order valence-corrected chi connectivity index (χ2v) is 4.88. The molecule has 1 fully saturated rings. The van der Waals surface area contributed by atoms with E-state index in [9.17, 15) is 4.79 Å². The van der Waals surface area contributed by atoms with E-state index in [0.29, 0.717) is 31.1 Å². The fourth-order valence-corrected chi connectivity index (χ4v) is 2.30. The lowest BCUT2D eigenvalue weighted by Crippen LogP contribution is -2.45. The standard InChI is InChI=1S/C14H22N4O2/c1-3-11-7-10(8-13(16-11)17-15)14(19)18-5-6-20-12(4-2)9-18/h7-8,12H,3-6,9,15H2,1-2H3,(H,16,17). The summed E-state index contributed by atoms with van der Waals surface area (Å²) >= 11 is 0. The van der Waals surface area contributed by atoms with Crippen LogP contribution in [0.5, 0.6) is 0 Å². The maximum atomic E-state index is 12.6. The summed E-state index contributed by atoms with van der Waals surface area (Å²) in [5, 5.41) is 0. The van der Waals surface area contributed by atoms with Crippen molar-refractivity contribution < 1.29 is 9.53 Å². The molecule has 1 aromatic heterocycles. The highest BCUT2D eigenvalue weighted by atomic mass is 16.5. The predicted molar refractivity (Wildman–Crippen MR) is 77.4 cm³/mol. The molecule has 1 aromatic rings. The van der Waals surface area contributed by atoms with E-state index in [1.807, 2.05) is 17.9 Å². The van der Waals surface area contributed by atoms with Crippen LogP contribution in [0.25, 0.3) is 0 Å². The number of amides is 1. The zero-order chi connectivity index (χ0) is 14.5. The van der Waals surface area contributed by atoms with Crippen LogP contribution in [0.2, 0.25) is 0 Å². The molecule has 2 rings (SSSR count). The van der Waals surface area contributed by atoms with E-state index in [1.165, 1.54) is 0 Å². The monoisotopic (exact) mass is 278 g/mol. The Labute approximate surface area is 119 Å². The van der Waals surface area contributed by atoms with Crippen LogP contribution in [0.1, 0.15) is 36.3 Å². The minimum absolute atomic E-state index is 0.0142. The first-order valence-corrected chi connectivity index (χ1v) is 7.06. The molecule has 1 aliphatic heterocycles. The number of hydrazine groups is 1. The first-order valence-electron chi connectivity index (χ1n) is 7.06. The van der Waals surface area contributed by atoms with Gasteiger partial charge in [0.05, 0.1) is 12.7 Å². The van der Waals surface area contributed by atoms with Gasteiger partial charge in [-0.05, 0) is 25.0 Å². The van der Waals surface area contributed by atoms with Crippen molar-refractivity contribution >= 4 is 11.7 Å². The van der Waals surface area contributed by atoms with Gasteiger partial charge in [0, 0.05) is 24.3 Å². The number of nitrogens with two attached hydrogens (primary N) is 1. The summed E-state index contributed by atoms with van der Waals surface area (Å²) < 4.78 is 5.59. The van der Waals surface area contributed by atoms with Gasteiger partial charge in [0.1, 0.15) is 5.82 Å². The number of carbonyl (C=O) groups is 1. The summed E-state index contributed by atoms with van der Waals surface area (Å²) in [6.07, 6.45) is 1.80. The Hall–Kier alpha value is -1.66. The molecule has 1 aliphatic rings. The number of aromatic nitrogens is 1. The lowest BCUT2D eigenvalue weighted by molar-refractivity contribution is -0.0226. The number of rotatable bonds is 4. The summed E-state index contributed by atoms with van der Waals surface area (Å²) in [6.45, 7) is 5.93. The third-order valence-electron chi connectivity index (χ3n) is 3.52. The fraction of sp³-hybridized carbons (Fsp3) is 0.571. The van der Waals surface area contributed by atoms with Crippen molar-refractivity contribution in [3.63, 3.8) is 0 Å². The molecule has 1 amide bonds. The highest BCUT2D eigenvalue weighted by Crippen LogP contribution is 2.16. The van der Waals surface area contributed by atoms with Gasteiger partial charge in [0.15, 0.2) is 0 Å². The number of anilines is 1. The molecule has 0 spiro atoms. The zero-order valence-electron chi connectivity index (χ0n) is 12.1. The molecule has 0 bridgehead atoms. The third kappa shape index (κ3) is 3.26. The molecular weight excluding hydrogens is 256 g/mol. The molecular formula is C14H22N4O2. The van der Waals surface area contributed by atoms with Crippen molar-refractivity contribution in [1.82, 2.24) is 9.88 Å². The summed E-state index contributed by atoms with van der Waals surface area (Å²) in [5.41, 5.74) is 3.99. The Morgan fingerprint density at radius 3 is 3.00 bits per heavy atom. The molecule has 1 unspecified atom stereocenters.